The predicted octanol–water partition coefficient (Wildman–Crippen LogP) is 0.944. The van der Waals surface area contributed by atoms with Gasteiger partial charge in [0, 0.05) is 11.8 Å². The fourth-order valence-electron chi connectivity index (χ4n) is 4.46. The highest BCUT2D eigenvalue weighted by atomic mass is 16.7. The number of methoxy groups -OCH3 is 1. The summed E-state index contributed by atoms with van der Waals surface area (Å²) in [4.78, 5) is 36.7. The maximum absolute atomic E-state index is 12.5. The minimum atomic E-state index is -0.926. The summed E-state index contributed by atoms with van der Waals surface area (Å²) in [5, 5.41) is 10.9. The first-order valence-corrected chi connectivity index (χ1v) is 8.83. The summed E-state index contributed by atoms with van der Waals surface area (Å²) in [6, 6.07) is 3.42. The van der Waals surface area contributed by atoms with Gasteiger partial charge < -0.3 is 24.1 Å². The molecule has 0 bridgehead atoms. The average molecular weight is 384 g/mol. The topological polar surface area (TPSA) is 108 Å². The van der Waals surface area contributed by atoms with Gasteiger partial charge in [-0.15, -0.1) is 0 Å². The molecule has 1 fully saturated rings. The zero-order valence-corrected chi connectivity index (χ0v) is 14.8. The van der Waals surface area contributed by atoms with E-state index >= 15 is 0 Å². The van der Waals surface area contributed by atoms with Gasteiger partial charge in [-0.25, -0.2) is 0 Å². The highest BCUT2D eigenvalue weighted by Gasteiger charge is 2.52. The SMILES string of the molecule is COC1=CC([C@@H]2c3cc4c(cc3[C@H](O)[C@H]3COC(=O)[C@@H]32)OCO4)=CC(=O)C1=O. The first-order chi connectivity index (χ1) is 13.5. The predicted molar refractivity (Wildman–Crippen MR) is 91.4 cm³/mol. The van der Waals surface area contributed by atoms with Crippen LogP contribution in [0.15, 0.2) is 35.6 Å². The number of allylic oxidation sites excluding steroid dienone is 4. The van der Waals surface area contributed by atoms with Gasteiger partial charge in [-0.3, -0.25) is 14.4 Å². The molecule has 1 aromatic carbocycles. The van der Waals surface area contributed by atoms with Crippen molar-refractivity contribution in [1.82, 2.24) is 0 Å². The minimum absolute atomic E-state index is 0.0668. The van der Waals surface area contributed by atoms with Gasteiger partial charge in [0.05, 0.1) is 25.7 Å². The lowest BCUT2D eigenvalue weighted by Crippen LogP contribution is -2.35. The lowest BCUT2D eigenvalue weighted by molar-refractivity contribution is -0.141. The van der Waals surface area contributed by atoms with E-state index in [1.807, 2.05) is 0 Å². The molecule has 0 saturated carbocycles. The van der Waals surface area contributed by atoms with Gasteiger partial charge in [-0.05, 0) is 41.0 Å². The van der Waals surface area contributed by atoms with Crippen LogP contribution in [0.25, 0.3) is 0 Å². The van der Waals surface area contributed by atoms with Gasteiger partial charge in [0.2, 0.25) is 12.6 Å². The van der Waals surface area contributed by atoms with E-state index in [4.69, 9.17) is 18.9 Å². The molecule has 1 N–H and O–H groups in total. The first kappa shape index (κ1) is 17.0. The molecule has 1 saturated heterocycles. The van der Waals surface area contributed by atoms with Crippen molar-refractivity contribution in [3.05, 3.63) is 46.7 Å². The van der Waals surface area contributed by atoms with Gasteiger partial charge in [0.1, 0.15) is 0 Å². The van der Waals surface area contributed by atoms with Crippen molar-refractivity contribution in [1.29, 1.82) is 0 Å². The van der Waals surface area contributed by atoms with Gasteiger partial charge >= 0.3 is 5.97 Å². The minimum Gasteiger partial charge on any atom is -0.492 e. The third-order valence-electron chi connectivity index (χ3n) is 5.77. The number of carbonyl (C=O) groups is 3. The van der Waals surface area contributed by atoms with E-state index in [0.29, 0.717) is 28.2 Å². The summed E-state index contributed by atoms with van der Waals surface area (Å²) in [5.74, 6) is -2.73. The lowest BCUT2D eigenvalue weighted by atomic mass is 9.65. The van der Waals surface area contributed by atoms with Crippen LogP contribution >= 0.6 is 0 Å². The van der Waals surface area contributed by atoms with E-state index in [2.05, 4.69) is 0 Å². The van der Waals surface area contributed by atoms with Crippen LogP contribution in [0.1, 0.15) is 23.1 Å². The third-order valence-corrected chi connectivity index (χ3v) is 5.77. The Morgan fingerprint density at radius 2 is 1.75 bits per heavy atom. The van der Waals surface area contributed by atoms with E-state index in [1.165, 1.54) is 19.3 Å². The molecule has 5 rings (SSSR count). The van der Waals surface area contributed by atoms with E-state index < -0.39 is 41.4 Å². The Labute approximate surface area is 159 Å². The fourth-order valence-corrected chi connectivity index (χ4v) is 4.46. The van der Waals surface area contributed by atoms with Crippen molar-refractivity contribution in [3.8, 4) is 11.5 Å². The molecule has 0 unspecified atom stereocenters. The Balaban J connectivity index is 1.72. The second-order valence-corrected chi connectivity index (χ2v) is 7.13. The summed E-state index contributed by atoms with van der Waals surface area (Å²) in [5.41, 5.74) is 1.69. The Morgan fingerprint density at radius 1 is 1.04 bits per heavy atom. The second kappa shape index (κ2) is 5.93. The number of esters is 1. The number of Topliss-reactive ketones (excluding diaryl/α,β-unsaturated/α-hetero) is 1. The second-order valence-electron chi connectivity index (χ2n) is 7.13. The van der Waals surface area contributed by atoms with E-state index in [1.54, 1.807) is 12.1 Å². The van der Waals surface area contributed by atoms with Crippen molar-refractivity contribution in [2.24, 2.45) is 11.8 Å². The first-order valence-electron chi connectivity index (χ1n) is 8.83. The van der Waals surface area contributed by atoms with Gasteiger partial charge in [-0.2, -0.15) is 0 Å². The number of carbonyl (C=O) groups excluding carboxylic acids is 3. The zero-order chi connectivity index (χ0) is 19.6. The summed E-state index contributed by atoms with van der Waals surface area (Å²) < 4.78 is 21.2. The Kier molecular flexibility index (Phi) is 3.60. The number of hydrogen-bond donors (Lipinski definition) is 1. The number of benzene rings is 1. The molecule has 2 aliphatic heterocycles. The highest BCUT2D eigenvalue weighted by molar-refractivity contribution is 6.47. The van der Waals surface area contributed by atoms with E-state index in [0.717, 1.165) is 0 Å². The zero-order valence-electron chi connectivity index (χ0n) is 14.8. The van der Waals surface area contributed by atoms with Crippen molar-refractivity contribution >= 4 is 17.5 Å². The Bertz CT molecular complexity index is 988. The molecular formula is C20H16O8. The standard InChI is InChI=1S/C20H16O8/c1-25-15-3-8(2-12(21)19(15)23)16-9-4-13-14(28-7-27-13)5-10(9)18(22)11-6-26-20(24)17(11)16/h2-5,11,16-18,22H,6-7H2,1H3/t11-,16+,17-,18-/m0/s1. The van der Waals surface area contributed by atoms with E-state index in [-0.39, 0.29) is 19.2 Å². The number of aliphatic hydroxyl groups excluding tert-OH is 1. The van der Waals surface area contributed by atoms with Gasteiger partial charge in [0.15, 0.2) is 17.3 Å². The van der Waals surface area contributed by atoms with E-state index in [9.17, 15) is 19.5 Å². The monoisotopic (exact) mass is 384 g/mol. The number of aliphatic hydroxyl groups is 1. The van der Waals surface area contributed by atoms with Gasteiger partial charge in [-0.1, -0.05) is 0 Å². The Hall–Kier alpha value is -3.13. The summed E-state index contributed by atoms with van der Waals surface area (Å²) in [7, 11) is 1.31. The fraction of sp³-hybridized carbons (Fsp3) is 0.350. The van der Waals surface area contributed by atoms with Crippen LogP contribution in [0.4, 0.5) is 0 Å². The van der Waals surface area contributed by atoms with Crippen LogP contribution in [-0.2, 0) is 23.9 Å². The van der Waals surface area contributed by atoms with Crippen molar-refractivity contribution in [2.45, 2.75) is 12.0 Å². The molecule has 0 aromatic heterocycles. The summed E-state index contributed by atoms with van der Waals surface area (Å²) in [6.45, 7) is 0.146. The number of ketones is 2. The number of ether oxygens (including phenoxy) is 4. The number of fused-ring (bicyclic) bond motifs is 3. The molecule has 2 heterocycles. The van der Waals surface area contributed by atoms with Crippen LogP contribution in [0.3, 0.4) is 0 Å². The van der Waals surface area contributed by atoms with Gasteiger partial charge in [0.25, 0.3) is 5.78 Å². The molecule has 28 heavy (non-hydrogen) atoms. The van der Waals surface area contributed by atoms with Crippen molar-refractivity contribution in [2.75, 3.05) is 20.5 Å². The maximum Gasteiger partial charge on any atom is 0.310 e. The summed E-state index contributed by atoms with van der Waals surface area (Å²) in [6.07, 6.45) is 1.78. The summed E-state index contributed by atoms with van der Waals surface area (Å²) >= 11 is 0. The molecule has 2 aliphatic carbocycles. The highest BCUT2D eigenvalue weighted by Crippen LogP contribution is 2.54. The molecule has 1 aromatic rings. The smallest absolute Gasteiger partial charge is 0.310 e. The average Bonchev–Trinajstić information content (AvgIpc) is 3.30. The number of rotatable bonds is 2. The largest absolute Gasteiger partial charge is 0.492 e. The van der Waals surface area contributed by atoms with Crippen molar-refractivity contribution < 1.29 is 38.4 Å². The molecule has 4 atom stereocenters. The Morgan fingerprint density at radius 3 is 2.46 bits per heavy atom. The van der Waals surface area contributed by atoms with Crippen LogP contribution in [0.2, 0.25) is 0 Å². The van der Waals surface area contributed by atoms with Crippen LogP contribution in [-0.4, -0.2) is 43.2 Å². The molecule has 4 aliphatic rings. The third kappa shape index (κ3) is 2.24. The molecule has 144 valence electrons. The molecule has 0 amide bonds. The molecule has 8 heteroatoms. The molecule has 8 nitrogen and oxygen atoms in total. The van der Waals surface area contributed by atoms with Crippen LogP contribution in [0.5, 0.6) is 11.5 Å². The molecule has 0 spiro atoms. The molecular weight excluding hydrogens is 368 g/mol. The van der Waals surface area contributed by atoms with Crippen LogP contribution < -0.4 is 9.47 Å². The lowest BCUT2D eigenvalue weighted by Gasteiger charge is -2.37. The normalized spacial score (nSPS) is 30.3. The molecule has 0 radical (unpaired) electrons. The number of cyclic esters (lactones) is 1. The van der Waals surface area contributed by atoms with Crippen molar-refractivity contribution in [3.63, 3.8) is 0 Å². The van der Waals surface area contributed by atoms with Crippen LogP contribution in [0, 0.1) is 11.8 Å². The quantitative estimate of drug-likeness (QED) is 0.456. The maximum atomic E-state index is 12.5. The number of hydrogen-bond acceptors (Lipinski definition) is 8.